The van der Waals surface area contributed by atoms with E-state index in [9.17, 15) is 13.6 Å². The Morgan fingerprint density at radius 3 is 2.73 bits per heavy atom. The third-order valence-electron chi connectivity index (χ3n) is 3.77. The molecule has 0 radical (unpaired) electrons. The molecule has 1 aliphatic heterocycles. The highest BCUT2D eigenvalue weighted by atomic mass is 32.1. The van der Waals surface area contributed by atoms with Crippen LogP contribution in [-0.4, -0.2) is 22.1 Å². The lowest BCUT2D eigenvalue weighted by atomic mass is 9.96. The summed E-state index contributed by atoms with van der Waals surface area (Å²) < 4.78 is 33.9. The molecule has 0 saturated carbocycles. The minimum absolute atomic E-state index is 0.121. The van der Waals surface area contributed by atoms with Crippen molar-refractivity contribution in [3.8, 4) is 0 Å². The van der Waals surface area contributed by atoms with Crippen molar-refractivity contribution >= 4 is 18.2 Å². The number of nitrogens with zero attached hydrogens (tertiary/aromatic N) is 1. The Balaban J connectivity index is 1.94. The second kappa shape index (κ2) is 5.64. The van der Waals surface area contributed by atoms with Gasteiger partial charge in [-0.2, -0.15) is 0 Å². The molecule has 0 saturated heterocycles. The van der Waals surface area contributed by atoms with Crippen molar-refractivity contribution in [1.82, 2.24) is 9.55 Å². The number of carbonyl (C=O) groups excluding carboxylic acids is 1. The van der Waals surface area contributed by atoms with Crippen LogP contribution >= 0.6 is 12.2 Å². The number of hydrogen-bond acceptors (Lipinski definition) is 3. The highest BCUT2D eigenvalue weighted by Gasteiger charge is 2.30. The van der Waals surface area contributed by atoms with Gasteiger partial charge >= 0.3 is 5.97 Å². The first-order chi connectivity index (χ1) is 10.5. The van der Waals surface area contributed by atoms with Crippen LogP contribution in [0.1, 0.15) is 34.6 Å². The van der Waals surface area contributed by atoms with Gasteiger partial charge in [-0.1, -0.05) is 0 Å². The standard InChI is InChI=1S/C15H14F2N2O2S/c1-2-21-14(20)13-12-5-9(7-19(12)15(22)18-13)8-3-10(16)6-11(17)4-8/h3-4,6,9H,2,5,7H2,1H3,(H,18,22). The van der Waals surface area contributed by atoms with Gasteiger partial charge < -0.3 is 14.3 Å². The molecule has 2 heterocycles. The average Bonchev–Trinajstić information content (AvgIpc) is 2.99. The van der Waals surface area contributed by atoms with Gasteiger partial charge in [0.15, 0.2) is 4.77 Å². The lowest BCUT2D eigenvalue weighted by Gasteiger charge is -2.10. The highest BCUT2D eigenvalue weighted by molar-refractivity contribution is 7.71. The number of aromatic amines is 1. The SMILES string of the molecule is CCOC(=O)c1[nH]c(=S)n2c1CC(c1cc(F)cc(F)c1)C2. The number of nitrogens with one attached hydrogen (secondary N) is 1. The number of rotatable bonds is 3. The minimum Gasteiger partial charge on any atom is -0.461 e. The van der Waals surface area contributed by atoms with Crippen LogP contribution in [0.25, 0.3) is 0 Å². The summed E-state index contributed by atoms with van der Waals surface area (Å²) in [6.45, 7) is 2.47. The second-order valence-electron chi connectivity index (χ2n) is 5.19. The zero-order valence-electron chi connectivity index (χ0n) is 11.9. The van der Waals surface area contributed by atoms with Gasteiger partial charge in [0, 0.05) is 18.5 Å². The Morgan fingerprint density at radius 1 is 1.41 bits per heavy atom. The second-order valence-corrected chi connectivity index (χ2v) is 5.57. The number of hydrogen-bond donors (Lipinski definition) is 1. The molecule has 0 bridgehead atoms. The van der Waals surface area contributed by atoms with E-state index in [1.165, 1.54) is 12.1 Å². The van der Waals surface area contributed by atoms with E-state index in [2.05, 4.69) is 4.98 Å². The predicted octanol–water partition coefficient (Wildman–Crippen LogP) is 3.34. The van der Waals surface area contributed by atoms with Crippen LogP contribution in [0.4, 0.5) is 8.78 Å². The van der Waals surface area contributed by atoms with E-state index in [1.807, 2.05) is 0 Å². The van der Waals surface area contributed by atoms with Crippen molar-refractivity contribution in [1.29, 1.82) is 0 Å². The van der Waals surface area contributed by atoms with E-state index in [1.54, 1.807) is 11.5 Å². The Kier molecular flexibility index (Phi) is 3.82. The number of carbonyl (C=O) groups is 1. The lowest BCUT2D eigenvalue weighted by Crippen LogP contribution is -2.08. The van der Waals surface area contributed by atoms with E-state index < -0.39 is 17.6 Å². The summed E-state index contributed by atoms with van der Waals surface area (Å²) in [6.07, 6.45) is 0.476. The highest BCUT2D eigenvalue weighted by Crippen LogP contribution is 2.32. The van der Waals surface area contributed by atoms with Crippen molar-refractivity contribution in [2.45, 2.75) is 25.8 Å². The molecule has 1 aromatic heterocycles. The van der Waals surface area contributed by atoms with Crippen LogP contribution < -0.4 is 0 Å². The molecule has 1 unspecified atom stereocenters. The van der Waals surface area contributed by atoms with Gasteiger partial charge in [-0.3, -0.25) is 0 Å². The first kappa shape index (κ1) is 14.9. The van der Waals surface area contributed by atoms with Crippen LogP contribution in [0, 0.1) is 16.4 Å². The Morgan fingerprint density at radius 2 is 2.09 bits per heavy atom. The third-order valence-corrected chi connectivity index (χ3v) is 4.09. The molecule has 0 aliphatic carbocycles. The molecule has 1 N–H and O–H groups in total. The maximum Gasteiger partial charge on any atom is 0.356 e. The summed E-state index contributed by atoms with van der Waals surface area (Å²) in [6, 6.07) is 3.48. The third kappa shape index (κ3) is 2.56. The molecular formula is C15H14F2N2O2S. The van der Waals surface area contributed by atoms with Crippen molar-refractivity contribution in [3.63, 3.8) is 0 Å². The van der Waals surface area contributed by atoms with Gasteiger partial charge in [0.05, 0.1) is 12.3 Å². The normalized spacial score (nSPS) is 16.6. The Bertz CT molecular complexity index is 777. The van der Waals surface area contributed by atoms with Crippen molar-refractivity contribution < 1.29 is 18.3 Å². The van der Waals surface area contributed by atoms with Gasteiger partial charge in [0.25, 0.3) is 0 Å². The van der Waals surface area contributed by atoms with Gasteiger partial charge in [0.2, 0.25) is 0 Å². The zero-order chi connectivity index (χ0) is 15.9. The summed E-state index contributed by atoms with van der Waals surface area (Å²) in [5.41, 5.74) is 1.61. The molecule has 1 aliphatic rings. The van der Waals surface area contributed by atoms with E-state index in [4.69, 9.17) is 17.0 Å². The number of ether oxygens (including phenoxy) is 1. The summed E-state index contributed by atoms with van der Waals surface area (Å²) in [5.74, 6) is -1.80. The molecule has 1 aromatic carbocycles. The maximum atomic E-state index is 13.4. The predicted molar refractivity (Wildman–Crippen MR) is 78.4 cm³/mol. The van der Waals surface area contributed by atoms with Crippen LogP contribution in [0.5, 0.6) is 0 Å². The van der Waals surface area contributed by atoms with E-state index in [0.717, 1.165) is 11.8 Å². The number of fused-ring (bicyclic) bond motifs is 1. The molecule has 2 aromatic rings. The molecule has 22 heavy (non-hydrogen) atoms. The quantitative estimate of drug-likeness (QED) is 0.696. The van der Waals surface area contributed by atoms with E-state index in [-0.39, 0.29) is 12.5 Å². The van der Waals surface area contributed by atoms with Gasteiger partial charge in [-0.15, -0.1) is 0 Å². The molecule has 0 spiro atoms. The van der Waals surface area contributed by atoms with Gasteiger partial charge in [-0.05, 0) is 43.3 Å². The first-order valence-corrected chi connectivity index (χ1v) is 7.35. The Labute approximate surface area is 130 Å². The fourth-order valence-electron chi connectivity index (χ4n) is 2.83. The topological polar surface area (TPSA) is 47.0 Å². The fraction of sp³-hybridized carbons (Fsp3) is 0.333. The van der Waals surface area contributed by atoms with Gasteiger partial charge in [0.1, 0.15) is 17.3 Å². The average molecular weight is 324 g/mol. The van der Waals surface area contributed by atoms with Crippen molar-refractivity contribution in [2.24, 2.45) is 0 Å². The molecule has 1 atom stereocenters. The van der Waals surface area contributed by atoms with Crippen LogP contribution in [0.2, 0.25) is 0 Å². The Hall–Kier alpha value is -2.02. The monoisotopic (exact) mass is 324 g/mol. The molecule has 4 nitrogen and oxygen atoms in total. The molecule has 0 fully saturated rings. The number of imidazole rings is 1. The van der Waals surface area contributed by atoms with Crippen LogP contribution in [0.15, 0.2) is 18.2 Å². The summed E-state index contributed by atoms with van der Waals surface area (Å²) in [5, 5.41) is 0. The number of H-pyrrole nitrogens is 1. The summed E-state index contributed by atoms with van der Waals surface area (Å²) >= 11 is 5.21. The number of aromatic nitrogens is 2. The summed E-state index contributed by atoms with van der Waals surface area (Å²) in [7, 11) is 0. The first-order valence-electron chi connectivity index (χ1n) is 6.94. The van der Waals surface area contributed by atoms with Crippen LogP contribution in [0.3, 0.4) is 0 Å². The lowest BCUT2D eigenvalue weighted by molar-refractivity contribution is 0.0518. The summed E-state index contributed by atoms with van der Waals surface area (Å²) in [4.78, 5) is 14.8. The van der Waals surface area contributed by atoms with Gasteiger partial charge in [-0.25, -0.2) is 13.6 Å². The van der Waals surface area contributed by atoms with E-state index in [0.29, 0.717) is 29.0 Å². The van der Waals surface area contributed by atoms with Crippen molar-refractivity contribution in [2.75, 3.05) is 6.61 Å². The maximum absolute atomic E-state index is 13.4. The van der Waals surface area contributed by atoms with E-state index >= 15 is 0 Å². The number of halogens is 2. The largest absolute Gasteiger partial charge is 0.461 e. The fourth-order valence-corrected chi connectivity index (χ4v) is 3.12. The molecule has 3 rings (SSSR count). The molecule has 7 heteroatoms. The van der Waals surface area contributed by atoms with Crippen LogP contribution in [-0.2, 0) is 17.7 Å². The molecular weight excluding hydrogens is 310 g/mol. The molecule has 116 valence electrons. The smallest absolute Gasteiger partial charge is 0.356 e. The number of benzene rings is 1. The zero-order valence-corrected chi connectivity index (χ0v) is 12.7. The number of esters is 1. The molecule has 0 amide bonds. The minimum atomic E-state index is -0.609. The van der Waals surface area contributed by atoms with Crippen molar-refractivity contribution in [3.05, 3.63) is 51.6 Å².